The number of pyridine rings is 1. The number of aromatic nitrogens is 4. The lowest BCUT2D eigenvalue weighted by molar-refractivity contribution is -0.121. The third-order valence-electron chi connectivity index (χ3n) is 4.97. The molecule has 7 nitrogen and oxygen atoms in total. The second-order valence-electron chi connectivity index (χ2n) is 7.03. The number of nitrogens with one attached hydrogen (secondary N) is 2. The van der Waals surface area contributed by atoms with Crippen LogP contribution in [0.3, 0.4) is 0 Å². The van der Waals surface area contributed by atoms with Gasteiger partial charge in [0.1, 0.15) is 0 Å². The highest BCUT2D eigenvalue weighted by atomic mass is 16.4. The minimum atomic E-state index is -0.0419. The molecule has 0 atom stereocenters. The second kappa shape index (κ2) is 8.68. The van der Waals surface area contributed by atoms with Gasteiger partial charge in [-0.3, -0.25) is 9.78 Å². The first-order chi connectivity index (χ1) is 14.2. The smallest absolute Gasteiger partial charge is 0.220 e. The predicted octanol–water partition coefficient (Wildman–Crippen LogP) is 3.29. The fourth-order valence-corrected chi connectivity index (χ4v) is 3.27. The third-order valence-corrected chi connectivity index (χ3v) is 4.97. The van der Waals surface area contributed by atoms with E-state index in [0.717, 1.165) is 23.1 Å². The Balaban J connectivity index is 1.25. The summed E-state index contributed by atoms with van der Waals surface area (Å²) in [4.78, 5) is 19.4. The normalized spacial score (nSPS) is 11.1. The number of benzene rings is 1. The highest BCUT2D eigenvalue weighted by molar-refractivity contribution is 5.83. The Labute approximate surface area is 168 Å². The van der Waals surface area contributed by atoms with Crippen molar-refractivity contribution < 1.29 is 9.21 Å². The maximum absolute atomic E-state index is 12.1. The molecule has 4 rings (SSSR count). The van der Waals surface area contributed by atoms with Gasteiger partial charge in [-0.2, -0.15) is 0 Å². The summed E-state index contributed by atoms with van der Waals surface area (Å²) in [6, 6.07) is 10.1. The summed E-state index contributed by atoms with van der Waals surface area (Å²) in [7, 11) is 0. The largest absolute Gasteiger partial charge is 0.425 e. The molecule has 0 unspecified atom stereocenters. The molecule has 4 aromatic rings. The molecule has 0 bridgehead atoms. The van der Waals surface area contributed by atoms with Crippen molar-refractivity contribution in [2.45, 2.75) is 39.2 Å². The first-order valence-corrected chi connectivity index (χ1v) is 9.71. The van der Waals surface area contributed by atoms with Crippen LogP contribution < -0.4 is 5.32 Å². The van der Waals surface area contributed by atoms with Gasteiger partial charge in [0.2, 0.25) is 17.7 Å². The SMILES string of the molecule is Cc1cnccc1CNC(=O)CCc1nnc(CCc2c[nH]c3ccccc23)o1. The van der Waals surface area contributed by atoms with Gasteiger partial charge in [-0.25, -0.2) is 0 Å². The molecule has 0 aliphatic rings. The first kappa shape index (κ1) is 18.9. The van der Waals surface area contributed by atoms with Gasteiger partial charge < -0.3 is 14.7 Å². The molecule has 0 saturated heterocycles. The van der Waals surface area contributed by atoms with Gasteiger partial charge in [0.25, 0.3) is 0 Å². The summed E-state index contributed by atoms with van der Waals surface area (Å²) < 4.78 is 5.71. The van der Waals surface area contributed by atoms with Crippen molar-refractivity contribution in [3.8, 4) is 0 Å². The highest BCUT2D eigenvalue weighted by Gasteiger charge is 2.11. The molecular weight excluding hydrogens is 366 g/mol. The Hall–Kier alpha value is -3.48. The van der Waals surface area contributed by atoms with Crippen molar-refractivity contribution >= 4 is 16.8 Å². The van der Waals surface area contributed by atoms with Crippen molar-refractivity contribution in [3.05, 3.63) is 77.4 Å². The van der Waals surface area contributed by atoms with E-state index in [0.29, 0.717) is 37.6 Å². The van der Waals surface area contributed by atoms with Crippen molar-refractivity contribution in [1.29, 1.82) is 0 Å². The summed E-state index contributed by atoms with van der Waals surface area (Å²) in [5, 5.41) is 12.3. The minimum Gasteiger partial charge on any atom is -0.425 e. The Morgan fingerprint density at radius 2 is 1.90 bits per heavy atom. The minimum absolute atomic E-state index is 0.0419. The van der Waals surface area contributed by atoms with Crippen LogP contribution in [0.5, 0.6) is 0 Å². The molecular formula is C22H23N5O2. The molecule has 7 heteroatoms. The fourth-order valence-electron chi connectivity index (χ4n) is 3.27. The molecule has 0 aliphatic heterocycles. The zero-order chi connectivity index (χ0) is 20.1. The standard InChI is InChI=1S/C22H23N5O2/c1-15-12-23-11-10-16(15)13-25-20(28)7-9-22-27-26-21(29-22)8-6-17-14-24-19-5-3-2-4-18(17)19/h2-5,10-12,14,24H,6-9,13H2,1H3,(H,25,28). The highest BCUT2D eigenvalue weighted by Crippen LogP contribution is 2.19. The molecule has 29 heavy (non-hydrogen) atoms. The van der Waals surface area contributed by atoms with Crippen LogP contribution in [-0.2, 0) is 30.6 Å². The van der Waals surface area contributed by atoms with Crippen molar-refractivity contribution in [2.75, 3.05) is 0 Å². The lowest BCUT2D eigenvalue weighted by Gasteiger charge is -2.06. The molecule has 1 amide bonds. The molecule has 3 heterocycles. The number of aromatic amines is 1. The molecule has 148 valence electrons. The van der Waals surface area contributed by atoms with Crippen molar-refractivity contribution in [1.82, 2.24) is 25.5 Å². The number of hydrogen-bond acceptors (Lipinski definition) is 5. The van der Waals surface area contributed by atoms with Crippen molar-refractivity contribution in [2.24, 2.45) is 0 Å². The number of amides is 1. The van der Waals surface area contributed by atoms with E-state index >= 15 is 0 Å². The summed E-state index contributed by atoms with van der Waals surface area (Å²) in [6.07, 6.45) is 7.77. The van der Waals surface area contributed by atoms with Crippen LogP contribution in [0.2, 0.25) is 0 Å². The monoisotopic (exact) mass is 389 g/mol. The van der Waals surface area contributed by atoms with Crippen LogP contribution in [-0.4, -0.2) is 26.1 Å². The number of fused-ring (bicyclic) bond motifs is 1. The lowest BCUT2D eigenvalue weighted by atomic mass is 10.1. The predicted molar refractivity (Wildman–Crippen MR) is 109 cm³/mol. The molecule has 2 N–H and O–H groups in total. The zero-order valence-corrected chi connectivity index (χ0v) is 16.3. The molecule has 3 aromatic heterocycles. The molecule has 0 radical (unpaired) electrons. The van der Waals surface area contributed by atoms with Gasteiger partial charge in [0.15, 0.2) is 0 Å². The Kier molecular flexibility index (Phi) is 5.65. The molecule has 0 spiro atoms. The van der Waals surface area contributed by atoms with Gasteiger partial charge in [-0.15, -0.1) is 10.2 Å². The maximum atomic E-state index is 12.1. The number of rotatable bonds is 8. The molecule has 1 aromatic carbocycles. The third kappa shape index (κ3) is 4.68. The van der Waals surface area contributed by atoms with Crippen LogP contribution in [0.15, 0.2) is 53.3 Å². The average Bonchev–Trinajstić information content (AvgIpc) is 3.37. The summed E-state index contributed by atoms with van der Waals surface area (Å²) in [5.74, 6) is 1.05. The van der Waals surface area contributed by atoms with Gasteiger partial charge in [-0.1, -0.05) is 18.2 Å². The van der Waals surface area contributed by atoms with Gasteiger partial charge in [0.05, 0.1) is 0 Å². The Morgan fingerprint density at radius 1 is 1.07 bits per heavy atom. The van der Waals surface area contributed by atoms with Gasteiger partial charge in [-0.05, 0) is 42.2 Å². The topological polar surface area (TPSA) is 96.7 Å². The van der Waals surface area contributed by atoms with E-state index < -0.39 is 0 Å². The maximum Gasteiger partial charge on any atom is 0.220 e. The first-order valence-electron chi connectivity index (χ1n) is 9.71. The van der Waals surface area contributed by atoms with Crippen molar-refractivity contribution in [3.63, 3.8) is 0 Å². The summed E-state index contributed by atoms with van der Waals surface area (Å²) in [6.45, 7) is 2.47. The quantitative estimate of drug-likeness (QED) is 0.482. The van der Waals surface area contributed by atoms with E-state index in [1.807, 2.05) is 31.3 Å². The van der Waals surface area contributed by atoms with E-state index in [4.69, 9.17) is 4.42 Å². The lowest BCUT2D eigenvalue weighted by Crippen LogP contribution is -2.23. The van der Waals surface area contributed by atoms with Crippen LogP contribution in [0, 0.1) is 6.92 Å². The van der Waals surface area contributed by atoms with E-state index in [1.54, 1.807) is 12.4 Å². The van der Waals surface area contributed by atoms with Crippen LogP contribution in [0.4, 0.5) is 0 Å². The molecule has 0 aliphatic carbocycles. The Bertz CT molecular complexity index is 1120. The Morgan fingerprint density at radius 3 is 2.76 bits per heavy atom. The summed E-state index contributed by atoms with van der Waals surface area (Å²) in [5.41, 5.74) is 4.48. The number of nitrogens with zero attached hydrogens (tertiary/aromatic N) is 3. The van der Waals surface area contributed by atoms with E-state index in [1.165, 1.54) is 10.9 Å². The number of para-hydroxylation sites is 1. The van der Waals surface area contributed by atoms with Crippen LogP contribution >= 0.6 is 0 Å². The van der Waals surface area contributed by atoms with E-state index in [-0.39, 0.29) is 5.91 Å². The summed E-state index contributed by atoms with van der Waals surface area (Å²) >= 11 is 0. The van der Waals surface area contributed by atoms with E-state index in [2.05, 4.69) is 37.6 Å². The molecule has 0 saturated carbocycles. The average molecular weight is 389 g/mol. The van der Waals surface area contributed by atoms with E-state index in [9.17, 15) is 4.79 Å². The number of H-pyrrole nitrogens is 1. The number of carbonyl (C=O) groups excluding carboxylic acids is 1. The molecule has 0 fully saturated rings. The van der Waals surface area contributed by atoms with Gasteiger partial charge >= 0.3 is 0 Å². The zero-order valence-electron chi connectivity index (χ0n) is 16.3. The fraction of sp³-hybridized carbons (Fsp3) is 0.273. The number of aryl methyl sites for hydroxylation is 4. The van der Waals surface area contributed by atoms with Gasteiger partial charge in [0, 0.05) is 55.3 Å². The number of hydrogen-bond donors (Lipinski definition) is 2. The number of carbonyl (C=O) groups is 1. The second-order valence-corrected chi connectivity index (χ2v) is 7.03. The van der Waals surface area contributed by atoms with Crippen LogP contribution in [0.1, 0.15) is 34.9 Å². The van der Waals surface area contributed by atoms with Crippen LogP contribution in [0.25, 0.3) is 10.9 Å².